The van der Waals surface area contributed by atoms with Gasteiger partial charge >= 0.3 is 0 Å². The lowest BCUT2D eigenvalue weighted by molar-refractivity contribution is -0.116. The van der Waals surface area contributed by atoms with E-state index in [2.05, 4.69) is 5.32 Å². The number of nitrogens with zero attached hydrogens (tertiary/aromatic N) is 2. The Morgan fingerprint density at radius 3 is 2.03 bits per heavy atom. The van der Waals surface area contributed by atoms with Crippen LogP contribution in [0.4, 0.5) is 5.69 Å². The number of hydrogen-bond acceptors (Lipinski definition) is 4. The van der Waals surface area contributed by atoms with Crippen LogP contribution in [0.15, 0.2) is 54.6 Å². The molecule has 0 fully saturated rings. The van der Waals surface area contributed by atoms with E-state index < -0.39 is 24.3 Å². The Bertz CT molecular complexity index is 1220. The van der Waals surface area contributed by atoms with Crippen LogP contribution in [0.3, 0.4) is 0 Å². The zero-order valence-electron chi connectivity index (χ0n) is 18.1. The second kappa shape index (κ2) is 8.26. The minimum atomic E-state index is -0.540. The molecule has 0 spiro atoms. The van der Waals surface area contributed by atoms with E-state index in [0.717, 1.165) is 16.3 Å². The third-order valence-corrected chi connectivity index (χ3v) is 5.85. The Morgan fingerprint density at radius 2 is 1.47 bits per heavy atom. The van der Waals surface area contributed by atoms with Crippen LogP contribution in [0.25, 0.3) is 0 Å². The number of fused-ring (bicyclic) bond motifs is 1. The fourth-order valence-electron chi connectivity index (χ4n) is 4.13. The Hall–Kier alpha value is -4.00. The lowest BCUT2D eigenvalue weighted by Crippen LogP contribution is -2.37. The van der Waals surface area contributed by atoms with Gasteiger partial charge in [0.15, 0.2) is 5.78 Å². The Balaban J connectivity index is 1.64. The van der Waals surface area contributed by atoms with E-state index in [4.69, 9.17) is 0 Å². The maximum absolute atomic E-state index is 13.3. The highest BCUT2D eigenvalue weighted by molar-refractivity contribution is 6.23. The van der Waals surface area contributed by atoms with Gasteiger partial charge in [-0.2, -0.15) is 0 Å². The van der Waals surface area contributed by atoms with E-state index in [-0.39, 0.29) is 16.9 Å². The van der Waals surface area contributed by atoms with E-state index in [1.807, 2.05) is 31.5 Å². The zero-order valence-corrected chi connectivity index (χ0v) is 18.1. The van der Waals surface area contributed by atoms with Gasteiger partial charge in [0, 0.05) is 24.0 Å². The van der Waals surface area contributed by atoms with E-state index in [0.29, 0.717) is 23.2 Å². The summed E-state index contributed by atoms with van der Waals surface area (Å²) in [4.78, 5) is 52.3. The molecular formula is C25H23N3O4. The van der Waals surface area contributed by atoms with Gasteiger partial charge in [-0.3, -0.25) is 24.1 Å². The predicted molar refractivity (Wildman–Crippen MR) is 120 cm³/mol. The van der Waals surface area contributed by atoms with Crippen molar-refractivity contribution in [3.8, 4) is 0 Å². The smallest absolute Gasteiger partial charge is 0.262 e. The molecule has 3 amide bonds. The first-order chi connectivity index (χ1) is 15.3. The van der Waals surface area contributed by atoms with Gasteiger partial charge in [0.25, 0.3) is 11.8 Å². The van der Waals surface area contributed by atoms with Crippen LogP contribution >= 0.6 is 0 Å². The lowest BCUT2D eigenvalue weighted by Gasteiger charge is -2.15. The number of carbonyl (C=O) groups is 4. The number of ketones is 1. The molecule has 7 heteroatoms. The average molecular weight is 429 g/mol. The number of hydrogen-bond donors (Lipinski definition) is 1. The molecule has 0 atom stereocenters. The molecule has 0 bridgehead atoms. The number of benzene rings is 2. The first-order valence-corrected chi connectivity index (χ1v) is 10.4. The second-order valence-electron chi connectivity index (χ2n) is 7.68. The number of aromatic nitrogens is 1. The van der Waals surface area contributed by atoms with Crippen molar-refractivity contribution in [3.05, 3.63) is 88.2 Å². The second-order valence-corrected chi connectivity index (χ2v) is 7.68. The van der Waals surface area contributed by atoms with Crippen molar-refractivity contribution in [2.45, 2.75) is 20.3 Å². The number of carbonyl (C=O) groups excluding carboxylic acids is 4. The maximum Gasteiger partial charge on any atom is 0.262 e. The molecule has 1 N–H and O–H groups in total. The van der Waals surface area contributed by atoms with Crippen molar-refractivity contribution in [2.75, 3.05) is 11.9 Å². The van der Waals surface area contributed by atoms with Gasteiger partial charge < -0.3 is 9.88 Å². The quantitative estimate of drug-likeness (QED) is 0.481. The first-order valence-electron chi connectivity index (χ1n) is 10.4. The van der Waals surface area contributed by atoms with E-state index in [9.17, 15) is 19.2 Å². The molecule has 3 aromatic rings. The molecule has 2 aromatic carbocycles. The summed E-state index contributed by atoms with van der Waals surface area (Å²) >= 11 is 0. The van der Waals surface area contributed by atoms with Gasteiger partial charge in [-0.15, -0.1) is 0 Å². The maximum atomic E-state index is 13.3. The molecule has 1 aromatic heterocycles. The van der Waals surface area contributed by atoms with Gasteiger partial charge in [0.1, 0.15) is 6.54 Å². The standard InChI is InChI=1S/C25H23N3O4/c1-4-19-22(21(15(2)27(19)3)23(30)16-10-6-5-7-11-16)26-20(29)14-28-24(31)17-12-8-9-13-18(17)25(28)32/h5-13H,4,14H2,1-3H3,(H,26,29). The Labute approximate surface area is 185 Å². The fraction of sp³-hybridized carbons (Fsp3) is 0.200. The summed E-state index contributed by atoms with van der Waals surface area (Å²) in [5.74, 6) is -1.74. The highest BCUT2D eigenvalue weighted by atomic mass is 16.2. The first kappa shape index (κ1) is 21.2. The molecule has 0 saturated heterocycles. The van der Waals surface area contributed by atoms with Crippen molar-refractivity contribution in [1.82, 2.24) is 9.47 Å². The minimum Gasteiger partial charge on any atom is -0.349 e. The summed E-state index contributed by atoms with van der Waals surface area (Å²) < 4.78 is 1.88. The molecule has 7 nitrogen and oxygen atoms in total. The molecule has 1 aliphatic heterocycles. The fourth-order valence-corrected chi connectivity index (χ4v) is 4.13. The number of anilines is 1. The summed E-state index contributed by atoms with van der Waals surface area (Å²) in [5, 5.41) is 2.81. The largest absolute Gasteiger partial charge is 0.349 e. The molecule has 4 rings (SSSR count). The van der Waals surface area contributed by atoms with Crippen LogP contribution in [0, 0.1) is 6.92 Å². The van der Waals surface area contributed by atoms with E-state index in [1.54, 1.807) is 48.5 Å². The highest BCUT2D eigenvalue weighted by Gasteiger charge is 2.36. The van der Waals surface area contributed by atoms with Gasteiger partial charge in [-0.25, -0.2) is 0 Å². The number of amides is 3. The van der Waals surface area contributed by atoms with Crippen LogP contribution in [0.2, 0.25) is 0 Å². The summed E-state index contributed by atoms with van der Waals surface area (Å²) in [6, 6.07) is 15.3. The molecule has 0 unspecified atom stereocenters. The normalized spacial score (nSPS) is 12.8. The SMILES string of the molecule is CCc1c(NC(=O)CN2C(=O)c3ccccc3C2=O)c(C(=O)c2ccccc2)c(C)n1C. The zero-order chi connectivity index (χ0) is 23.0. The van der Waals surface area contributed by atoms with Crippen molar-refractivity contribution < 1.29 is 19.2 Å². The molecule has 0 aliphatic carbocycles. The Kier molecular flexibility index (Phi) is 5.48. The van der Waals surface area contributed by atoms with Crippen molar-refractivity contribution in [2.24, 2.45) is 7.05 Å². The minimum absolute atomic E-state index is 0.200. The third-order valence-electron chi connectivity index (χ3n) is 5.85. The van der Waals surface area contributed by atoms with Crippen molar-refractivity contribution >= 4 is 29.2 Å². The van der Waals surface area contributed by atoms with Crippen LogP contribution in [-0.2, 0) is 18.3 Å². The predicted octanol–water partition coefficient (Wildman–Crippen LogP) is 3.36. The monoisotopic (exact) mass is 429 g/mol. The highest BCUT2D eigenvalue weighted by Crippen LogP contribution is 2.30. The molecule has 1 aliphatic rings. The van der Waals surface area contributed by atoms with Crippen molar-refractivity contribution in [1.29, 1.82) is 0 Å². The van der Waals surface area contributed by atoms with E-state index >= 15 is 0 Å². The number of imide groups is 1. The average Bonchev–Trinajstić information content (AvgIpc) is 3.18. The van der Waals surface area contributed by atoms with Crippen LogP contribution in [-0.4, -0.2) is 39.5 Å². The summed E-state index contributed by atoms with van der Waals surface area (Å²) in [7, 11) is 1.84. The van der Waals surface area contributed by atoms with Gasteiger partial charge in [-0.1, -0.05) is 49.4 Å². The van der Waals surface area contributed by atoms with Crippen LogP contribution < -0.4 is 5.32 Å². The van der Waals surface area contributed by atoms with E-state index in [1.165, 1.54) is 0 Å². The summed E-state index contributed by atoms with van der Waals surface area (Å²) in [6.07, 6.45) is 0.585. The Morgan fingerprint density at radius 1 is 0.906 bits per heavy atom. The molecule has 2 heterocycles. The van der Waals surface area contributed by atoms with Crippen LogP contribution in [0.5, 0.6) is 0 Å². The summed E-state index contributed by atoms with van der Waals surface area (Å²) in [6.45, 7) is 3.34. The molecular weight excluding hydrogens is 406 g/mol. The van der Waals surface area contributed by atoms with Gasteiger partial charge in [0.05, 0.1) is 22.4 Å². The summed E-state index contributed by atoms with van der Waals surface area (Å²) in [5.41, 5.74) is 3.43. The molecule has 162 valence electrons. The van der Waals surface area contributed by atoms with Crippen LogP contribution in [0.1, 0.15) is 54.9 Å². The van der Waals surface area contributed by atoms with Gasteiger partial charge in [-0.05, 0) is 25.5 Å². The van der Waals surface area contributed by atoms with Gasteiger partial charge in [0.2, 0.25) is 5.91 Å². The molecule has 32 heavy (non-hydrogen) atoms. The lowest BCUT2D eigenvalue weighted by atomic mass is 10.0. The van der Waals surface area contributed by atoms with Crippen molar-refractivity contribution in [3.63, 3.8) is 0 Å². The number of rotatable bonds is 6. The topological polar surface area (TPSA) is 88.5 Å². The molecule has 0 radical (unpaired) electrons. The molecule has 0 saturated carbocycles. The number of nitrogens with one attached hydrogen (secondary N) is 1. The third kappa shape index (κ3) is 3.41.